The Bertz CT molecular complexity index is 444. The molecule has 5 heteroatoms. The van der Waals surface area contributed by atoms with Crippen molar-refractivity contribution in [2.75, 3.05) is 32.1 Å². The highest BCUT2D eigenvalue weighted by Gasteiger charge is 2.20. The average molecular weight is 263 g/mol. The van der Waals surface area contributed by atoms with Gasteiger partial charge >= 0.3 is 0 Å². The molecule has 1 aliphatic carbocycles. The third-order valence-corrected chi connectivity index (χ3v) is 3.14. The predicted molar refractivity (Wildman–Crippen MR) is 74.4 cm³/mol. The van der Waals surface area contributed by atoms with Crippen LogP contribution >= 0.6 is 0 Å². The van der Waals surface area contributed by atoms with Crippen LogP contribution in [0.1, 0.15) is 28.9 Å². The Kier molecular flexibility index (Phi) is 4.74. The van der Waals surface area contributed by atoms with E-state index in [-0.39, 0.29) is 5.91 Å². The first kappa shape index (κ1) is 13.8. The lowest BCUT2D eigenvalue weighted by atomic mass is 10.2. The molecule has 1 aromatic rings. The highest BCUT2D eigenvalue weighted by molar-refractivity contribution is 5.99. The average Bonchev–Trinajstić information content (AvgIpc) is 3.22. The Labute approximate surface area is 113 Å². The third-order valence-electron chi connectivity index (χ3n) is 3.14. The van der Waals surface area contributed by atoms with Gasteiger partial charge in [0.25, 0.3) is 5.91 Å². The zero-order valence-corrected chi connectivity index (χ0v) is 11.5. The van der Waals surface area contributed by atoms with E-state index in [0.29, 0.717) is 18.7 Å². The molecule has 1 heterocycles. The van der Waals surface area contributed by atoms with Crippen molar-refractivity contribution in [2.24, 2.45) is 5.92 Å². The molecule has 0 radical (unpaired) electrons. The van der Waals surface area contributed by atoms with Gasteiger partial charge in [0.15, 0.2) is 0 Å². The maximum Gasteiger partial charge on any atom is 0.255 e. The molecule has 2 N–H and O–H groups in total. The zero-order chi connectivity index (χ0) is 13.7. The number of carbonyl (C=O) groups is 1. The molecule has 1 amide bonds. The molecule has 19 heavy (non-hydrogen) atoms. The normalized spacial score (nSPS) is 14.2. The van der Waals surface area contributed by atoms with Crippen molar-refractivity contribution < 1.29 is 9.53 Å². The van der Waals surface area contributed by atoms with Crippen molar-refractivity contribution in [3.8, 4) is 0 Å². The predicted octanol–water partition coefficient (Wildman–Crippen LogP) is 1.59. The van der Waals surface area contributed by atoms with E-state index in [9.17, 15) is 4.79 Å². The highest BCUT2D eigenvalue weighted by atomic mass is 16.5. The first-order valence-electron chi connectivity index (χ1n) is 6.71. The van der Waals surface area contributed by atoms with Crippen LogP contribution in [0.4, 0.5) is 5.69 Å². The molecule has 2 rings (SSSR count). The van der Waals surface area contributed by atoms with E-state index in [0.717, 1.165) is 23.9 Å². The molecule has 104 valence electrons. The van der Waals surface area contributed by atoms with E-state index in [1.165, 1.54) is 12.8 Å². The summed E-state index contributed by atoms with van der Waals surface area (Å²) in [6.45, 7) is 3.82. The summed E-state index contributed by atoms with van der Waals surface area (Å²) < 4.78 is 5.47. The zero-order valence-electron chi connectivity index (χ0n) is 11.5. The number of aromatic nitrogens is 1. The second kappa shape index (κ2) is 6.52. The summed E-state index contributed by atoms with van der Waals surface area (Å²) in [6.07, 6.45) is 4.17. The third kappa shape index (κ3) is 4.21. The standard InChI is InChI=1S/C14H21N3O2/c1-10-7-13(15-2)12(8-17-10)14(18)16-5-6-19-9-11-3-4-11/h7-8,11H,3-6,9H2,1-2H3,(H,15,17)(H,16,18). The smallest absolute Gasteiger partial charge is 0.255 e. The number of hydrogen-bond donors (Lipinski definition) is 2. The molecule has 0 bridgehead atoms. The van der Waals surface area contributed by atoms with Crippen LogP contribution < -0.4 is 10.6 Å². The molecule has 1 fully saturated rings. The summed E-state index contributed by atoms with van der Waals surface area (Å²) in [5.74, 6) is 0.639. The summed E-state index contributed by atoms with van der Waals surface area (Å²) in [5, 5.41) is 5.85. The fourth-order valence-corrected chi connectivity index (χ4v) is 1.81. The second-order valence-corrected chi connectivity index (χ2v) is 4.90. The Hall–Kier alpha value is -1.62. The fourth-order valence-electron chi connectivity index (χ4n) is 1.81. The SMILES string of the molecule is CNc1cc(C)ncc1C(=O)NCCOCC1CC1. The molecule has 0 aliphatic heterocycles. The van der Waals surface area contributed by atoms with E-state index >= 15 is 0 Å². The van der Waals surface area contributed by atoms with Crippen LogP contribution in [0.5, 0.6) is 0 Å². The lowest BCUT2D eigenvalue weighted by molar-refractivity contribution is 0.0907. The molecule has 0 atom stereocenters. The fraction of sp³-hybridized carbons (Fsp3) is 0.571. The molecule has 1 aliphatic rings. The maximum atomic E-state index is 12.0. The number of rotatable bonds is 7. The number of ether oxygens (including phenoxy) is 1. The van der Waals surface area contributed by atoms with E-state index in [2.05, 4.69) is 15.6 Å². The summed E-state index contributed by atoms with van der Waals surface area (Å²) in [7, 11) is 1.80. The van der Waals surface area contributed by atoms with E-state index < -0.39 is 0 Å². The summed E-state index contributed by atoms with van der Waals surface area (Å²) >= 11 is 0. The Morgan fingerprint density at radius 3 is 3.00 bits per heavy atom. The van der Waals surface area contributed by atoms with Gasteiger partial charge in [-0.15, -0.1) is 0 Å². The van der Waals surface area contributed by atoms with Crippen molar-refractivity contribution in [1.29, 1.82) is 0 Å². The molecule has 5 nitrogen and oxygen atoms in total. The van der Waals surface area contributed by atoms with Crippen LogP contribution in [0.3, 0.4) is 0 Å². The largest absolute Gasteiger partial charge is 0.387 e. The number of nitrogens with one attached hydrogen (secondary N) is 2. The number of nitrogens with zero attached hydrogens (tertiary/aromatic N) is 1. The van der Waals surface area contributed by atoms with E-state index in [1.54, 1.807) is 13.2 Å². The first-order valence-corrected chi connectivity index (χ1v) is 6.71. The summed E-state index contributed by atoms with van der Waals surface area (Å²) in [6, 6.07) is 1.86. The van der Waals surface area contributed by atoms with Gasteiger partial charge in [-0.05, 0) is 31.7 Å². The second-order valence-electron chi connectivity index (χ2n) is 4.90. The molecule has 1 saturated carbocycles. The topological polar surface area (TPSA) is 63.2 Å². The quantitative estimate of drug-likeness (QED) is 0.733. The van der Waals surface area contributed by atoms with Gasteiger partial charge in [-0.1, -0.05) is 0 Å². The van der Waals surface area contributed by atoms with Crippen LogP contribution in [0.2, 0.25) is 0 Å². The molecule has 1 aromatic heterocycles. The van der Waals surface area contributed by atoms with Gasteiger partial charge in [0.2, 0.25) is 0 Å². The molecular formula is C14H21N3O2. The van der Waals surface area contributed by atoms with E-state index in [4.69, 9.17) is 4.74 Å². The molecular weight excluding hydrogens is 242 g/mol. The number of amides is 1. The minimum Gasteiger partial charge on any atom is -0.387 e. The Balaban J connectivity index is 1.78. The Morgan fingerprint density at radius 1 is 1.53 bits per heavy atom. The van der Waals surface area contributed by atoms with Crippen LogP contribution in [-0.4, -0.2) is 37.7 Å². The van der Waals surface area contributed by atoms with Crippen LogP contribution in [0.15, 0.2) is 12.3 Å². The van der Waals surface area contributed by atoms with Crippen molar-refractivity contribution in [3.63, 3.8) is 0 Å². The van der Waals surface area contributed by atoms with Gasteiger partial charge in [-0.2, -0.15) is 0 Å². The van der Waals surface area contributed by atoms with Crippen molar-refractivity contribution >= 4 is 11.6 Å². The van der Waals surface area contributed by atoms with Gasteiger partial charge in [-0.3, -0.25) is 9.78 Å². The van der Waals surface area contributed by atoms with Crippen LogP contribution in [0, 0.1) is 12.8 Å². The number of anilines is 1. The molecule has 0 saturated heterocycles. The lowest BCUT2D eigenvalue weighted by Gasteiger charge is -2.10. The van der Waals surface area contributed by atoms with Gasteiger partial charge in [0.1, 0.15) is 0 Å². The number of hydrogen-bond acceptors (Lipinski definition) is 4. The van der Waals surface area contributed by atoms with E-state index in [1.807, 2.05) is 13.0 Å². The van der Waals surface area contributed by atoms with Gasteiger partial charge in [0.05, 0.1) is 17.9 Å². The van der Waals surface area contributed by atoms with Gasteiger partial charge < -0.3 is 15.4 Å². The molecule has 0 spiro atoms. The number of pyridine rings is 1. The van der Waals surface area contributed by atoms with Crippen molar-refractivity contribution in [2.45, 2.75) is 19.8 Å². The van der Waals surface area contributed by atoms with Crippen LogP contribution in [0.25, 0.3) is 0 Å². The highest BCUT2D eigenvalue weighted by Crippen LogP contribution is 2.28. The Morgan fingerprint density at radius 2 is 2.32 bits per heavy atom. The van der Waals surface area contributed by atoms with Crippen LogP contribution in [-0.2, 0) is 4.74 Å². The monoisotopic (exact) mass is 263 g/mol. The maximum absolute atomic E-state index is 12.0. The molecule has 0 aromatic carbocycles. The summed E-state index contributed by atoms with van der Waals surface area (Å²) in [5.41, 5.74) is 2.24. The summed E-state index contributed by atoms with van der Waals surface area (Å²) in [4.78, 5) is 16.2. The number of aryl methyl sites for hydroxylation is 1. The minimum absolute atomic E-state index is 0.119. The minimum atomic E-state index is -0.119. The lowest BCUT2D eigenvalue weighted by Crippen LogP contribution is -2.28. The van der Waals surface area contributed by atoms with Gasteiger partial charge in [0, 0.05) is 32.1 Å². The molecule has 0 unspecified atom stereocenters. The first-order chi connectivity index (χ1) is 9.20. The van der Waals surface area contributed by atoms with Crippen molar-refractivity contribution in [3.05, 3.63) is 23.5 Å². The van der Waals surface area contributed by atoms with Gasteiger partial charge in [-0.25, -0.2) is 0 Å². The number of carbonyl (C=O) groups excluding carboxylic acids is 1. The van der Waals surface area contributed by atoms with Crippen molar-refractivity contribution in [1.82, 2.24) is 10.3 Å².